The fraction of sp³-hybridized carbons (Fsp3) is 0.375. The number of benzene rings is 1. The fourth-order valence-electron chi connectivity index (χ4n) is 3.98. The van der Waals surface area contributed by atoms with E-state index in [9.17, 15) is 9.59 Å². The molecule has 1 atom stereocenters. The monoisotopic (exact) mass is 448 g/mol. The second-order valence-corrected chi connectivity index (χ2v) is 7.92. The van der Waals surface area contributed by atoms with E-state index in [4.69, 9.17) is 4.74 Å². The molecule has 3 heterocycles. The number of carbonyl (C=O) groups is 2. The van der Waals surface area contributed by atoms with Crippen molar-refractivity contribution in [3.63, 3.8) is 0 Å². The highest BCUT2D eigenvalue weighted by Crippen LogP contribution is 2.21. The minimum atomic E-state index is -0.631. The van der Waals surface area contributed by atoms with Crippen molar-refractivity contribution in [1.82, 2.24) is 30.0 Å². The Balaban J connectivity index is 1.33. The first-order valence-electron chi connectivity index (χ1n) is 11.1. The first kappa shape index (κ1) is 22.6. The number of pyridine rings is 1. The van der Waals surface area contributed by atoms with Crippen molar-refractivity contribution in [3.8, 4) is 0 Å². The molecular weight excluding hydrogens is 420 g/mol. The molecule has 9 heteroatoms. The highest BCUT2D eigenvalue weighted by atomic mass is 16.5. The fourth-order valence-corrected chi connectivity index (χ4v) is 3.98. The van der Waals surface area contributed by atoms with E-state index >= 15 is 0 Å². The lowest BCUT2D eigenvalue weighted by molar-refractivity contribution is -0.142. The Morgan fingerprint density at radius 3 is 2.70 bits per heavy atom. The second kappa shape index (κ2) is 10.8. The van der Waals surface area contributed by atoms with Crippen molar-refractivity contribution < 1.29 is 14.3 Å². The summed E-state index contributed by atoms with van der Waals surface area (Å²) in [6.45, 7) is 1.94. The van der Waals surface area contributed by atoms with Gasteiger partial charge < -0.3 is 19.5 Å². The van der Waals surface area contributed by atoms with E-state index in [-0.39, 0.29) is 11.8 Å². The van der Waals surface area contributed by atoms with Crippen LogP contribution in [0, 0.1) is 0 Å². The number of nitrogens with one attached hydrogen (secondary N) is 1. The number of hydrogen-bond donors (Lipinski definition) is 1. The van der Waals surface area contributed by atoms with Crippen molar-refractivity contribution in [2.75, 3.05) is 20.2 Å². The number of fused-ring (bicyclic) bond motifs is 1. The summed E-state index contributed by atoms with van der Waals surface area (Å²) in [5.41, 5.74) is 1.86. The van der Waals surface area contributed by atoms with Gasteiger partial charge in [0.1, 0.15) is 5.82 Å². The van der Waals surface area contributed by atoms with E-state index in [1.165, 1.54) is 0 Å². The SMILES string of the molecule is CO[C@H](C(=O)N1CCc2nnc(CNC(=O)CCc3cccnc3)n2CC1)c1ccccc1. The molecular formula is C24H28N6O3. The molecule has 4 rings (SSSR count). The van der Waals surface area contributed by atoms with Gasteiger partial charge >= 0.3 is 0 Å². The zero-order chi connectivity index (χ0) is 23.0. The number of rotatable bonds is 8. The zero-order valence-corrected chi connectivity index (χ0v) is 18.7. The van der Waals surface area contributed by atoms with Gasteiger partial charge in [0, 0.05) is 52.0 Å². The number of aryl methyl sites for hydroxylation is 1. The predicted molar refractivity (Wildman–Crippen MR) is 121 cm³/mol. The lowest BCUT2D eigenvalue weighted by atomic mass is 10.1. The van der Waals surface area contributed by atoms with Crippen LogP contribution < -0.4 is 5.32 Å². The normalized spacial score (nSPS) is 14.3. The van der Waals surface area contributed by atoms with Gasteiger partial charge in [-0.3, -0.25) is 14.6 Å². The molecule has 0 spiro atoms. The molecule has 0 unspecified atom stereocenters. The lowest BCUT2D eigenvalue weighted by Gasteiger charge is -2.25. The molecule has 3 aromatic rings. The first-order valence-corrected chi connectivity index (χ1v) is 11.1. The van der Waals surface area contributed by atoms with Gasteiger partial charge in [-0.05, 0) is 23.6 Å². The van der Waals surface area contributed by atoms with Crippen LogP contribution >= 0.6 is 0 Å². The maximum Gasteiger partial charge on any atom is 0.256 e. The molecule has 33 heavy (non-hydrogen) atoms. The molecule has 0 bridgehead atoms. The smallest absolute Gasteiger partial charge is 0.256 e. The number of ether oxygens (including phenoxy) is 1. The molecule has 0 radical (unpaired) electrons. The largest absolute Gasteiger partial charge is 0.367 e. The minimum Gasteiger partial charge on any atom is -0.367 e. The van der Waals surface area contributed by atoms with Crippen LogP contribution in [0.4, 0.5) is 0 Å². The summed E-state index contributed by atoms with van der Waals surface area (Å²) < 4.78 is 7.52. The summed E-state index contributed by atoms with van der Waals surface area (Å²) >= 11 is 0. The summed E-state index contributed by atoms with van der Waals surface area (Å²) in [6.07, 6.45) is 4.47. The highest BCUT2D eigenvalue weighted by molar-refractivity contribution is 5.82. The second-order valence-electron chi connectivity index (χ2n) is 7.92. The Morgan fingerprint density at radius 2 is 1.94 bits per heavy atom. The van der Waals surface area contributed by atoms with E-state index in [1.807, 2.05) is 51.9 Å². The van der Waals surface area contributed by atoms with Gasteiger partial charge in [0.05, 0.1) is 6.54 Å². The Bertz CT molecular complexity index is 1070. The molecule has 2 amide bonds. The van der Waals surface area contributed by atoms with Crippen LogP contribution in [0.15, 0.2) is 54.9 Å². The van der Waals surface area contributed by atoms with Gasteiger partial charge in [-0.25, -0.2) is 0 Å². The standard InChI is InChI=1S/C24H28N6O3/c1-33-23(19-7-3-2-4-8-19)24(32)29-13-11-20-27-28-21(30(20)15-14-29)17-26-22(31)10-9-18-6-5-12-25-16-18/h2-8,12,16,23H,9-11,13-15,17H2,1H3,(H,26,31)/t23-/m0/s1. The summed E-state index contributed by atoms with van der Waals surface area (Å²) in [7, 11) is 1.55. The van der Waals surface area contributed by atoms with E-state index in [0.717, 1.165) is 17.0 Å². The highest BCUT2D eigenvalue weighted by Gasteiger charge is 2.28. The van der Waals surface area contributed by atoms with Crippen LogP contribution in [0.1, 0.15) is 35.3 Å². The van der Waals surface area contributed by atoms with Gasteiger partial charge in [0.2, 0.25) is 5.91 Å². The zero-order valence-electron chi connectivity index (χ0n) is 18.7. The molecule has 0 saturated heterocycles. The molecule has 172 valence electrons. The van der Waals surface area contributed by atoms with Crippen molar-refractivity contribution in [3.05, 3.63) is 77.6 Å². The molecule has 1 N–H and O–H groups in total. The van der Waals surface area contributed by atoms with Crippen LogP contribution in [0.2, 0.25) is 0 Å². The van der Waals surface area contributed by atoms with Gasteiger partial charge in [-0.2, -0.15) is 0 Å². The molecule has 1 aliphatic rings. The number of hydrogen-bond acceptors (Lipinski definition) is 6. The third kappa shape index (κ3) is 5.61. The number of methoxy groups -OCH3 is 1. The molecule has 0 fully saturated rings. The molecule has 1 aliphatic heterocycles. The third-order valence-electron chi connectivity index (χ3n) is 5.78. The van der Waals surface area contributed by atoms with Crippen molar-refractivity contribution >= 4 is 11.8 Å². The molecule has 0 saturated carbocycles. The summed E-state index contributed by atoms with van der Waals surface area (Å²) in [5, 5.41) is 11.5. The summed E-state index contributed by atoms with van der Waals surface area (Å²) in [6, 6.07) is 13.3. The van der Waals surface area contributed by atoms with Crippen LogP contribution in [0.25, 0.3) is 0 Å². The maximum atomic E-state index is 13.1. The van der Waals surface area contributed by atoms with Crippen molar-refractivity contribution in [1.29, 1.82) is 0 Å². The molecule has 9 nitrogen and oxygen atoms in total. The Kier molecular flexibility index (Phi) is 7.41. The van der Waals surface area contributed by atoms with Crippen LogP contribution in [-0.2, 0) is 40.3 Å². The van der Waals surface area contributed by atoms with Crippen LogP contribution in [0.5, 0.6) is 0 Å². The van der Waals surface area contributed by atoms with Gasteiger partial charge in [-0.15, -0.1) is 10.2 Å². The Labute approximate surface area is 192 Å². The lowest BCUT2D eigenvalue weighted by Crippen LogP contribution is -2.38. The van der Waals surface area contributed by atoms with E-state index in [2.05, 4.69) is 20.5 Å². The Morgan fingerprint density at radius 1 is 1.09 bits per heavy atom. The van der Waals surface area contributed by atoms with Crippen molar-refractivity contribution in [2.45, 2.75) is 38.5 Å². The van der Waals surface area contributed by atoms with E-state index in [1.54, 1.807) is 19.5 Å². The third-order valence-corrected chi connectivity index (χ3v) is 5.78. The Hall–Kier alpha value is -3.59. The number of nitrogens with zero attached hydrogens (tertiary/aromatic N) is 5. The number of aromatic nitrogens is 4. The number of carbonyl (C=O) groups excluding carboxylic acids is 2. The maximum absolute atomic E-state index is 13.1. The topological polar surface area (TPSA) is 102 Å². The summed E-state index contributed by atoms with van der Waals surface area (Å²) in [5.74, 6) is 1.40. The first-order chi connectivity index (χ1) is 16.2. The minimum absolute atomic E-state index is 0.0487. The summed E-state index contributed by atoms with van der Waals surface area (Å²) in [4.78, 5) is 31.3. The van der Waals surface area contributed by atoms with E-state index < -0.39 is 6.10 Å². The molecule has 0 aliphatic carbocycles. The van der Waals surface area contributed by atoms with Gasteiger partial charge in [0.15, 0.2) is 11.9 Å². The van der Waals surface area contributed by atoms with Crippen LogP contribution in [0.3, 0.4) is 0 Å². The van der Waals surface area contributed by atoms with Gasteiger partial charge in [0.25, 0.3) is 5.91 Å². The number of amides is 2. The predicted octanol–water partition coefficient (Wildman–Crippen LogP) is 1.69. The average Bonchev–Trinajstić information content (AvgIpc) is 3.12. The quantitative estimate of drug-likeness (QED) is 0.563. The molecule has 2 aromatic heterocycles. The van der Waals surface area contributed by atoms with Crippen LogP contribution in [-0.4, -0.2) is 56.7 Å². The van der Waals surface area contributed by atoms with Gasteiger partial charge in [-0.1, -0.05) is 36.4 Å². The molecule has 1 aromatic carbocycles. The van der Waals surface area contributed by atoms with E-state index in [0.29, 0.717) is 51.3 Å². The average molecular weight is 449 g/mol. The van der Waals surface area contributed by atoms with Crippen molar-refractivity contribution in [2.24, 2.45) is 0 Å².